The van der Waals surface area contributed by atoms with Gasteiger partial charge in [-0.25, -0.2) is 0 Å². The van der Waals surface area contributed by atoms with Gasteiger partial charge in [-0.05, 0) is 42.3 Å². The Hall–Kier alpha value is -1.54. The molecule has 0 bridgehead atoms. The van der Waals surface area contributed by atoms with Gasteiger partial charge in [0.05, 0.1) is 10.7 Å². The quantitative estimate of drug-likeness (QED) is 0.874. The van der Waals surface area contributed by atoms with Crippen molar-refractivity contribution in [3.05, 3.63) is 58.9 Å². The molecule has 82 valence electrons. The van der Waals surface area contributed by atoms with Gasteiger partial charge in [-0.2, -0.15) is 0 Å². The molecule has 0 atom stereocenters. The Labute approximate surface area is 100 Å². The van der Waals surface area contributed by atoms with E-state index in [-0.39, 0.29) is 0 Å². The van der Waals surface area contributed by atoms with E-state index in [4.69, 9.17) is 11.6 Å². The minimum atomic E-state index is 0.750. The third-order valence-corrected chi connectivity index (χ3v) is 2.68. The van der Waals surface area contributed by atoms with Crippen molar-refractivity contribution < 1.29 is 0 Å². The van der Waals surface area contributed by atoms with Gasteiger partial charge in [0.2, 0.25) is 0 Å². The van der Waals surface area contributed by atoms with Crippen LogP contribution in [0.4, 0.5) is 5.69 Å². The number of hydrogen-bond donors (Lipinski definition) is 1. The normalized spacial score (nSPS) is 10.1. The lowest BCUT2D eigenvalue weighted by molar-refractivity contribution is 1.13. The van der Waals surface area contributed by atoms with Gasteiger partial charge < -0.3 is 5.32 Å². The molecule has 3 heteroatoms. The van der Waals surface area contributed by atoms with E-state index in [1.54, 1.807) is 12.4 Å². The topological polar surface area (TPSA) is 24.9 Å². The van der Waals surface area contributed by atoms with E-state index in [0.29, 0.717) is 0 Å². The number of halogens is 1. The van der Waals surface area contributed by atoms with Gasteiger partial charge >= 0.3 is 0 Å². The van der Waals surface area contributed by atoms with E-state index in [0.717, 1.165) is 17.3 Å². The summed E-state index contributed by atoms with van der Waals surface area (Å²) in [6, 6.07) is 9.92. The number of anilines is 1. The average Bonchev–Trinajstić information content (AvgIpc) is 2.32. The molecule has 2 rings (SSSR count). The summed E-state index contributed by atoms with van der Waals surface area (Å²) >= 11 is 6.09. The Morgan fingerprint density at radius 2 is 1.94 bits per heavy atom. The zero-order chi connectivity index (χ0) is 11.4. The molecular weight excluding hydrogens is 220 g/mol. The van der Waals surface area contributed by atoms with Crippen LogP contribution in [0.25, 0.3) is 0 Å². The zero-order valence-electron chi connectivity index (χ0n) is 9.07. The first-order valence-corrected chi connectivity index (χ1v) is 5.52. The molecule has 0 aliphatic carbocycles. The van der Waals surface area contributed by atoms with Crippen molar-refractivity contribution in [3.63, 3.8) is 0 Å². The summed E-state index contributed by atoms with van der Waals surface area (Å²) in [6.07, 6.45) is 3.57. The SMILES string of the molecule is Cc1ccc(Cl)c(NCc2ccncc2)c1. The van der Waals surface area contributed by atoms with Gasteiger partial charge in [-0.15, -0.1) is 0 Å². The van der Waals surface area contributed by atoms with Crippen LogP contribution in [-0.4, -0.2) is 4.98 Å². The summed E-state index contributed by atoms with van der Waals surface area (Å²) in [5.74, 6) is 0. The Morgan fingerprint density at radius 1 is 1.19 bits per heavy atom. The standard InChI is InChI=1S/C13H13ClN2/c1-10-2-3-12(14)13(8-10)16-9-11-4-6-15-7-5-11/h2-8,16H,9H2,1H3. The van der Waals surface area contributed by atoms with E-state index in [1.807, 2.05) is 37.3 Å². The highest BCUT2D eigenvalue weighted by atomic mass is 35.5. The fourth-order valence-corrected chi connectivity index (χ4v) is 1.66. The highest BCUT2D eigenvalue weighted by Crippen LogP contribution is 2.23. The molecule has 1 heterocycles. The number of rotatable bonds is 3. The minimum Gasteiger partial charge on any atom is -0.380 e. The van der Waals surface area contributed by atoms with E-state index in [9.17, 15) is 0 Å². The summed E-state index contributed by atoms with van der Waals surface area (Å²) in [4.78, 5) is 3.98. The van der Waals surface area contributed by atoms with Crippen molar-refractivity contribution in [2.75, 3.05) is 5.32 Å². The number of nitrogens with one attached hydrogen (secondary N) is 1. The van der Waals surface area contributed by atoms with E-state index in [1.165, 1.54) is 11.1 Å². The smallest absolute Gasteiger partial charge is 0.0637 e. The molecule has 0 aliphatic rings. The van der Waals surface area contributed by atoms with Crippen LogP contribution in [0.15, 0.2) is 42.7 Å². The van der Waals surface area contributed by atoms with Gasteiger partial charge in [0.1, 0.15) is 0 Å². The monoisotopic (exact) mass is 232 g/mol. The maximum atomic E-state index is 6.09. The van der Waals surface area contributed by atoms with Crippen molar-refractivity contribution >= 4 is 17.3 Å². The van der Waals surface area contributed by atoms with E-state index < -0.39 is 0 Å². The number of hydrogen-bond acceptors (Lipinski definition) is 2. The Kier molecular flexibility index (Phi) is 3.42. The van der Waals surface area contributed by atoms with Gasteiger partial charge in [0.15, 0.2) is 0 Å². The maximum Gasteiger partial charge on any atom is 0.0637 e. The third kappa shape index (κ3) is 2.74. The fourth-order valence-electron chi connectivity index (χ4n) is 1.47. The lowest BCUT2D eigenvalue weighted by Crippen LogP contribution is -2.00. The lowest BCUT2D eigenvalue weighted by atomic mass is 10.2. The van der Waals surface area contributed by atoms with E-state index in [2.05, 4.69) is 10.3 Å². The molecule has 0 aliphatic heterocycles. The van der Waals surface area contributed by atoms with Crippen molar-refractivity contribution in [3.8, 4) is 0 Å². The molecule has 0 amide bonds. The molecule has 0 spiro atoms. The van der Waals surface area contributed by atoms with Crippen LogP contribution in [0.1, 0.15) is 11.1 Å². The third-order valence-electron chi connectivity index (χ3n) is 2.35. The summed E-state index contributed by atoms with van der Waals surface area (Å²) in [5, 5.41) is 4.06. The number of aryl methyl sites for hydroxylation is 1. The molecule has 1 aromatic carbocycles. The molecule has 16 heavy (non-hydrogen) atoms. The Bertz CT molecular complexity index is 469. The maximum absolute atomic E-state index is 6.09. The minimum absolute atomic E-state index is 0.750. The van der Waals surface area contributed by atoms with Crippen molar-refractivity contribution in [1.82, 2.24) is 4.98 Å². The van der Waals surface area contributed by atoms with Gasteiger partial charge in [0.25, 0.3) is 0 Å². The average molecular weight is 233 g/mol. The van der Waals surface area contributed by atoms with Crippen molar-refractivity contribution in [1.29, 1.82) is 0 Å². The van der Waals surface area contributed by atoms with Crippen LogP contribution in [0.2, 0.25) is 5.02 Å². The van der Waals surface area contributed by atoms with Crippen LogP contribution in [0, 0.1) is 6.92 Å². The molecule has 0 radical (unpaired) electrons. The summed E-state index contributed by atoms with van der Waals surface area (Å²) in [7, 11) is 0. The van der Waals surface area contributed by atoms with Crippen molar-refractivity contribution in [2.24, 2.45) is 0 Å². The first kappa shape index (κ1) is 11.0. The molecule has 0 fully saturated rings. The first-order chi connectivity index (χ1) is 7.75. The predicted octanol–water partition coefficient (Wildman–Crippen LogP) is 3.66. The second-order valence-electron chi connectivity index (χ2n) is 3.69. The predicted molar refractivity (Wildman–Crippen MR) is 67.8 cm³/mol. The summed E-state index contributed by atoms with van der Waals surface area (Å²) in [6.45, 7) is 2.81. The molecule has 0 saturated carbocycles. The molecule has 2 aromatic rings. The molecule has 2 nitrogen and oxygen atoms in total. The largest absolute Gasteiger partial charge is 0.380 e. The summed E-state index contributed by atoms with van der Waals surface area (Å²) in [5.41, 5.74) is 3.35. The van der Waals surface area contributed by atoms with Crippen molar-refractivity contribution in [2.45, 2.75) is 13.5 Å². The van der Waals surface area contributed by atoms with Gasteiger partial charge in [0, 0.05) is 18.9 Å². The van der Waals surface area contributed by atoms with Crippen LogP contribution in [0.3, 0.4) is 0 Å². The highest BCUT2D eigenvalue weighted by molar-refractivity contribution is 6.33. The highest BCUT2D eigenvalue weighted by Gasteiger charge is 1.99. The molecule has 1 N–H and O–H groups in total. The first-order valence-electron chi connectivity index (χ1n) is 5.14. The number of nitrogens with zero attached hydrogens (tertiary/aromatic N) is 1. The fraction of sp³-hybridized carbons (Fsp3) is 0.154. The van der Waals surface area contributed by atoms with Gasteiger partial charge in [-0.3, -0.25) is 4.98 Å². The zero-order valence-corrected chi connectivity index (χ0v) is 9.83. The second kappa shape index (κ2) is 4.99. The summed E-state index contributed by atoms with van der Waals surface area (Å²) < 4.78 is 0. The molecular formula is C13H13ClN2. The van der Waals surface area contributed by atoms with Crippen LogP contribution < -0.4 is 5.32 Å². The van der Waals surface area contributed by atoms with Gasteiger partial charge in [-0.1, -0.05) is 17.7 Å². The Morgan fingerprint density at radius 3 is 2.69 bits per heavy atom. The Balaban J connectivity index is 2.08. The molecule has 0 saturated heterocycles. The number of benzene rings is 1. The number of aromatic nitrogens is 1. The van der Waals surface area contributed by atoms with Crippen LogP contribution >= 0.6 is 11.6 Å². The molecule has 0 unspecified atom stereocenters. The van der Waals surface area contributed by atoms with Crippen LogP contribution in [-0.2, 0) is 6.54 Å². The van der Waals surface area contributed by atoms with E-state index >= 15 is 0 Å². The second-order valence-corrected chi connectivity index (χ2v) is 4.10. The molecule has 1 aromatic heterocycles. The lowest BCUT2D eigenvalue weighted by Gasteiger charge is -2.09. The van der Waals surface area contributed by atoms with Crippen LogP contribution in [0.5, 0.6) is 0 Å². The number of pyridine rings is 1.